The van der Waals surface area contributed by atoms with E-state index in [2.05, 4.69) is 5.16 Å². The summed E-state index contributed by atoms with van der Waals surface area (Å²) < 4.78 is 27.6. The Balaban J connectivity index is 2.02. The van der Waals surface area contributed by atoms with E-state index in [9.17, 15) is 13.2 Å². The van der Waals surface area contributed by atoms with Crippen molar-refractivity contribution in [2.24, 2.45) is 5.92 Å². The first kappa shape index (κ1) is 12.3. The summed E-state index contributed by atoms with van der Waals surface area (Å²) in [6.07, 6.45) is 3.31. The van der Waals surface area contributed by atoms with Gasteiger partial charge >= 0.3 is 0 Å². The largest absolute Gasteiger partial charge is 0.361 e. The number of hydrogen-bond acceptors (Lipinski definition) is 5. The molecule has 0 N–H and O–H groups in total. The molecule has 5 nitrogen and oxygen atoms in total. The van der Waals surface area contributed by atoms with Crippen LogP contribution in [0.25, 0.3) is 0 Å². The van der Waals surface area contributed by atoms with E-state index in [4.69, 9.17) is 4.52 Å². The third-order valence-corrected chi connectivity index (χ3v) is 4.89. The number of nitrogens with zero attached hydrogens (tertiary/aromatic N) is 1. The highest BCUT2D eigenvalue weighted by Gasteiger charge is 2.26. The quantitative estimate of drug-likeness (QED) is 0.761. The Bertz CT molecular complexity index is 503. The lowest BCUT2D eigenvalue weighted by Gasteiger charge is -2.20. The van der Waals surface area contributed by atoms with Gasteiger partial charge in [0.1, 0.15) is 15.6 Å². The highest BCUT2D eigenvalue weighted by molar-refractivity contribution is 7.91. The normalized spacial score (nSPS) is 20.3. The van der Waals surface area contributed by atoms with Crippen molar-refractivity contribution in [3.8, 4) is 0 Å². The van der Waals surface area contributed by atoms with E-state index in [1.807, 2.05) is 0 Å². The average molecular weight is 257 g/mol. The Morgan fingerprint density at radius 2 is 2.12 bits per heavy atom. The summed E-state index contributed by atoms with van der Waals surface area (Å²) >= 11 is 0. The van der Waals surface area contributed by atoms with Crippen LogP contribution in [0.1, 0.15) is 35.9 Å². The third kappa shape index (κ3) is 2.94. The van der Waals surface area contributed by atoms with Crippen LogP contribution < -0.4 is 0 Å². The highest BCUT2D eigenvalue weighted by atomic mass is 32.2. The molecule has 0 aromatic carbocycles. The minimum Gasteiger partial charge on any atom is -0.361 e. The van der Waals surface area contributed by atoms with Crippen LogP contribution in [-0.4, -0.2) is 30.9 Å². The van der Waals surface area contributed by atoms with E-state index in [0.29, 0.717) is 30.6 Å². The van der Waals surface area contributed by atoms with E-state index in [1.54, 1.807) is 0 Å². The van der Waals surface area contributed by atoms with Crippen LogP contribution in [0.4, 0.5) is 0 Å². The number of sulfone groups is 1. The Labute approximate surface area is 100 Å². The second-order valence-electron chi connectivity index (χ2n) is 4.52. The van der Waals surface area contributed by atoms with E-state index < -0.39 is 9.84 Å². The number of Topliss-reactive ketones (excluding diaryl/α,β-unsaturated/α-hetero) is 1. The number of carbonyl (C=O) groups excluding carboxylic acids is 1. The molecule has 2 rings (SSSR count). The van der Waals surface area contributed by atoms with Crippen LogP contribution in [0.2, 0.25) is 0 Å². The standard InChI is InChI=1S/C11H15NO4S/c1-8(13)10-7-12-16-11(10)6-9-2-4-17(14,15)5-3-9/h7,9H,2-6H2,1H3. The van der Waals surface area contributed by atoms with Crippen LogP contribution in [0, 0.1) is 5.92 Å². The maximum absolute atomic E-state index is 11.3. The van der Waals surface area contributed by atoms with Gasteiger partial charge in [0, 0.05) is 6.42 Å². The van der Waals surface area contributed by atoms with Crippen LogP contribution in [0.5, 0.6) is 0 Å². The van der Waals surface area contributed by atoms with Crippen molar-refractivity contribution in [2.75, 3.05) is 11.5 Å². The minimum absolute atomic E-state index is 0.0651. The first-order valence-electron chi connectivity index (χ1n) is 5.63. The van der Waals surface area contributed by atoms with Gasteiger partial charge in [0.25, 0.3) is 0 Å². The number of hydrogen-bond donors (Lipinski definition) is 0. The molecule has 1 aromatic rings. The summed E-state index contributed by atoms with van der Waals surface area (Å²) in [4.78, 5) is 11.3. The summed E-state index contributed by atoms with van der Waals surface area (Å²) in [5.74, 6) is 1.26. The van der Waals surface area contributed by atoms with Gasteiger partial charge in [0.15, 0.2) is 5.78 Å². The van der Waals surface area contributed by atoms with E-state index in [-0.39, 0.29) is 23.2 Å². The average Bonchev–Trinajstić information content (AvgIpc) is 2.69. The molecule has 1 aliphatic rings. The zero-order chi connectivity index (χ0) is 12.5. The van der Waals surface area contributed by atoms with Crippen molar-refractivity contribution in [1.29, 1.82) is 0 Å². The maximum atomic E-state index is 11.3. The molecule has 1 fully saturated rings. The van der Waals surface area contributed by atoms with E-state index in [1.165, 1.54) is 13.1 Å². The molecule has 0 amide bonds. The molecule has 94 valence electrons. The van der Waals surface area contributed by atoms with Gasteiger partial charge in [0.2, 0.25) is 0 Å². The monoisotopic (exact) mass is 257 g/mol. The van der Waals surface area contributed by atoms with E-state index >= 15 is 0 Å². The van der Waals surface area contributed by atoms with Gasteiger partial charge < -0.3 is 4.52 Å². The highest BCUT2D eigenvalue weighted by Crippen LogP contribution is 2.24. The third-order valence-electron chi connectivity index (χ3n) is 3.17. The molecule has 17 heavy (non-hydrogen) atoms. The Hall–Kier alpha value is -1.17. The first-order valence-corrected chi connectivity index (χ1v) is 7.45. The van der Waals surface area contributed by atoms with Crippen molar-refractivity contribution in [3.05, 3.63) is 17.5 Å². The summed E-state index contributed by atoms with van der Waals surface area (Å²) in [5, 5.41) is 3.62. The number of carbonyl (C=O) groups is 1. The molecule has 6 heteroatoms. The predicted octanol–water partition coefficient (Wildman–Crippen LogP) is 1.24. The van der Waals surface area contributed by atoms with Crippen molar-refractivity contribution < 1.29 is 17.7 Å². The second kappa shape index (κ2) is 4.60. The van der Waals surface area contributed by atoms with Crippen molar-refractivity contribution in [3.63, 3.8) is 0 Å². The van der Waals surface area contributed by atoms with Gasteiger partial charge in [-0.25, -0.2) is 8.42 Å². The number of aromatic nitrogens is 1. The fraction of sp³-hybridized carbons (Fsp3) is 0.636. The summed E-state index contributed by atoms with van der Waals surface area (Å²) in [6.45, 7) is 1.47. The molecule has 0 spiro atoms. The molecule has 0 unspecified atom stereocenters. The van der Waals surface area contributed by atoms with Crippen LogP contribution in [0.15, 0.2) is 10.7 Å². The molecule has 1 aliphatic heterocycles. The smallest absolute Gasteiger partial charge is 0.164 e. The molecule has 0 bridgehead atoms. The first-order chi connectivity index (χ1) is 7.98. The number of rotatable bonds is 3. The molecule has 0 radical (unpaired) electrons. The summed E-state index contributed by atoms with van der Waals surface area (Å²) in [5.41, 5.74) is 0.512. The van der Waals surface area contributed by atoms with Gasteiger partial charge in [-0.1, -0.05) is 5.16 Å². The van der Waals surface area contributed by atoms with Gasteiger partial charge in [0.05, 0.1) is 23.3 Å². The lowest BCUT2D eigenvalue weighted by molar-refractivity contribution is 0.101. The number of ketones is 1. The molecule has 1 aromatic heterocycles. The van der Waals surface area contributed by atoms with E-state index in [0.717, 1.165) is 0 Å². The van der Waals surface area contributed by atoms with Gasteiger partial charge in [-0.05, 0) is 25.7 Å². The molecular weight excluding hydrogens is 242 g/mol. The van der Waals surface area contributed by atoms with Crippen LogP contribution >= 0.6 is 0 Å². The fourth-order valence-corrected chi connectivity index (χ4v) is 3.69. The zero-order valence-electron chi connectivity index (χ0n) is 9.68. The molecule has 0 atom stereocenters. The molecule has 1 saturated heterocycles. The van der Waals surface area contributed by atoms with Crippen molar-refractivity contribution in [2.45, 2.75) is 26.2 Å². The van der Waals surface area contributed by atoms with Crippen molar-refractivity contribution in [1.82, 2.24) is 5.16 Å². The second-order valence-corrected chi connectivity index (χ2v) is 6.82. The maximum Gasteiger partial charge on any atom is 0.164 e. The zero-order valence-corrected chi connectivity index (χ0v) is 10.5. The van der Waals surface area contributed by atoms with Crippen molar-refractivity contribution >= 4 is 15.6 Å². The molecular formula is C11H15NO4S. The Morgan fingerprint density at radius 1 is 1.47 bits per heavy atom. The van der Waals surface area contributed by atoms with Crippen LogP contribution in [-0.2, 0) is 16.3 Å². The fourth-order valence-electron chi connectivity index (χ4n) is 2.10. The van der Waals surface area contributed by atoms with Crippen LogP contribution in [0.3, 0.4) is 0 Å². The minimum atomic E-state index is -2.83. The van der Waals surface area contributed by atoms with Gasteiger partial charge in [-0.2, -0.15) is 0 Å². The molecule has 0 aliphatic carbocycles. The SMILES string of the molecule is CC(=O)c1cnoc1CC1CCS(=O)(=O)CC1. The van der Waals surface area contributed by atoms with Gasteiger partial charge in [-0.15, -0.1) is 0 Å². The topological polar surface area (TPSA) is 77.2 Å². The summed E-state index contributed by atoms with van der Waals surface area (Å²) in [6, 6.07) is 0. The Kier molecular flexibility index (Phi) is 3.33. The lowest BCUT2D eigenvalue weighted by Crippen LogP contribution is -2.24. The molecule has 0 saturated carbocycles. The van der Waals surface area contributed by atoms with Gasteiger partial charge in [-0.3, -0.25) is 4.79 Å². The lowest BCUT2D eigenvalue weighted by atomic mass is 9.95. The summed E-state index contributed by atoms with van der Waals surface area (Å²) in [7, 11) is -2.83. The Morgan fingerprint density at radius 3 is 2.71 bits per heavy atom. The predicted molar refractivity (Wildman–Crippen MR) is 61.6 cm³/mol. The molecule has 2 heterocycles.